The van der Waals surface area contributed by atoms with Crippen LogP contribution in [0, 0.1) is 0 Å². The monoisotopic (exact) mass is 194 g/mol. The lowest BCUT2D eigenvalue weighted by atomic mass is 10.0. The van der Waals surface area contributed by atoms with Crippen LogP contribution < -0.4 is 0 Å². The predicted octanol–water partition coefficient (Wildman–Crippen LogP) is 3.24. The van der Waals surface area contributed by atoms with Gasteiger partial charge in [-0.15, -0.1) is 0 Å². The van der Waals surface area contributed by atoms with Gasteiger partial charge in [0.2, 0.25) is 0 Å². The summed E-state index contributed by atoms with van der Waals surface area (Å²) in [5.74, 6) is 1.72. The van der Waals surface area contributed by atoms with Crippen molar-refractivity contribution in [3.8, 4) is 0 Å². The van der Waals surface area contributed by atoms with Gasteiger partial charge in [-0.1, -0.05) is 54.6 Å². The van der Waals surface area contributed by atoms with Gasteiger partial charge in [-0.25, -0.2) is 4.79 Å². The Kier molecular flexibility index (Phi) is 2.77. The molecule has 0 aliphatic heterocycles. The highest BCUT2D eigenvalue weighted by Gasteiger charge is 1.94. The molecule has 0 saturated heterocycles. The maximum Gasteiger partial charge on any atom is 0.124 e. The van der Waals surface area contributed by atoms with Crippen LogP contribution >= 0.6 is 0 Å². The van der Waals surface area contributed by atoms with Crippen molar-refractivity contribution < 1.29 is 4.79 Å². The first-order valence-corrected chi connectivity index (χ1v) is 4.77. The van der Waals surface area contributed by atoms with Gasteiger partial charge in [0.25, 0.3) is 0 Å². The molecule has 0 amide bonds. The Bertz CT molecular complexity index is 541. The first-order chi connectivity index (χ1) is 7.42. The zero-order valence-corrected chi connectivity index (χ0v) is 8.18. The van der Waals surface area contributed by atoms with Crippen LogP contribution in [0.15, 0.2) is 54.6 Å². The van der Waals surface area contributed by atoms with E-state index in [4.69, 9.17) is 0 Å². The summed E-state index contributed by atoms with van der Waals surface area (Å²) in [7, 11) is 0. The molecule has 15 heavy (non-hydrogen) atoms. The number of allylic oxidation sites excluding steroid dienone is 2. The minimum Gasteiger partial charge on any atom is -0.234 e. The number of hydrogen-bond acceptors (Lipinski definition) is 1. The minimum absolute atomic E-state index is 1.11. The van der Waals surface area contributed by atoms with E-state index in [1.54, 1.807) is 12.0 Å². The van der Waals surface area contributed by atoms with Crippen LogP contribution in [0.4, 0.5) is 0 Å². The Morgan fingerprint density at radius 2 is 1.80 bits per heavy atom. The lowest BCUT2D eigenvalue weighted by Crippen LogP contribution is -1.76. The standard InChI is InChI=1S/C14H10O/c15-11-4-3-7-13-9-5-8-12-6-1-2-10-14(12)13/h1-10H/b7-3+. The van der Waals surface area contributed by atoms with Crippen LogP contribution in [0.25, 0.3) is 16.8 Å². The zero-order valence-electron chi connectivity index (χ0n) is 8.18. The molecule has 0 atom stereocenters. The highest BCUT2D eigenvalue weighted by Crippen LogP contribution is 2.19. The summed E-state index contributed by atoms with van der Waals surface area (Å²) in [4.78, 5) is 10.0. The molecule has 0 aromatic heterocycles. The second kappa shape index (κ2) is 4.41. The average Bonchev–Trinajstić information content (AvgIpc) is 2.30. The van der Waals surface area contributed by atoms with E-state index in [0.717, 1.165) is 5.56 Å². The molecule has 0 heterocycles. The molecule has 0 N–H and O–H groups in total. The van der Waals surface area contributed by atoms with E-state index in [2.05, 4.69) is 18.2 Å². The molecule has 1 nitrogen and oxygen atoms in total. The minimum atomic E-state index is 1.11. The molecular weight excluding hydrogens is 184 g/mol. The Labute approximate surface area is 88.4 Å². The van der Waals surface area contributed by atoms with Crippen molar-refractivity contribution in [3.05, 3.63) is 60.2 Å². The molecule has 0 aliphatic rings. The molecule has 2 aromatic rings. The van der Waals surface area contributed by atoms with Crippen LogP contribution in [0.2, 0.25) is 0 Å². The summed E-state index contributed by atoms with van der Waals surface area (Å²) < 4.78 is 0. The first-order valence-electron chi connectivity index (χ1n) is 4.77. The number of benzene rings is 2. The highest BCUT2D eigenvalue weighted by atomic mass is 16.1. The lowest BCUT2D eigenvalue weighted by Gasteiger charge is -2.00. The van der Waals surface area contributed by atoms with Gasteiger partial charge in [0.1, 0.15) is 5.94 Å². The number of carbonyl (C=O) groups excluding carboxylic acids is 1. The van der Waals surface area contributed by atoms with E-state index in [9.17, 15) is 4.79 Å². The maximum absolute atomic E-state index is 10.0. The summed E-state index contributed by atoms with van der Waals surface area (Å²) in [5.41, 5.74) is 1.11. The van der Waals surface area contributed by atoms with Crippen LogP contribution in [0.5, 0.6) is 0 Å². The van der Waals surface area contributed by atoms with Crippen molar-refractivity contribution in [1.82, 2.24) is 0 Å². The quantitative estimate of drug-likeness (QED) is 0.529. The molecule has 72 valence electrons. The van der Waals surface area contributed by atoms with Crippen LogP contribution in [0.3, 0.4) is 0 Å². The molecule has 0 spiro atoms. The van der Waals surface area contributed by atoms with Gasteiger partial charge >= 0.3 is 0 Å². The number of hydrogen-bond donors (Lipinski definition) is 0. The molecule has 0 fully saturated rings. The molecule has 0 saturated carbocycles. The van der Waals surface area contributed by atoms with E-state index in [1.165, 1.54) is 16.8 Å². The van der Waals surface area contributed by atoms with Gasteiger partial charge in [-0.05, 0) is 16.3 Å². The van der Waals surface area contributed by atoms with Gasteiger partial charge in [0.05, 0.1) is 0 Å². The third-order valence-corrected chi connectivity index (χ3v) is 2.26. The smallest absolute Gasteiger partial charge is 0.124 e. The summed E-state index contributed by atoms with van der Waals surface area (Å²) in [6.45, 7) is 0. The van der Waals surface area contributed by atoms with E-state index >= 15 is 0 Å². The highest BCUT2D eigenvalue weighted by molar-refractivity contribution is 5.90. The second-order valence-electron chi connectivity index (χ2n) is 3.21. The van der Waals surface area contributed by atoms with E-state index in [1.807, 2.05) is 30.3 Å². The zero-order chi connectivity index (χ0) is 10.5. The fraction of sp³-hybridized carbons (Fsp3) is 0. The number of rotatable bonds is 2. The van der Waals surface area contributed by atoms with Crippen LogP contribution in [0.1, 0.15) is 5.56 Å². The van der Waals surface area contributed by atoms with Crippen molar-refractivity contribution in [1.29, 1.82) is 0 Å². The molecular formula is C14H10O. The van der Waals surface area contributed by atoms with Crippen molar-refractivity contribution in [2.75, 3.05) is 0 Å². The number of fused-ring (bicyclic) bond motifs is 1. The maximum atomic E-state index is 10.0. The largest absolute Gasteiger partial charge is 0.234 e. The molecule has 2 aromatic carbocycles. The molecule has 2 rings (SSSR count). The van der Waals surface area contributed by atoms with Crippen LogP contribution in [-0.2, 0) is 4.79 Å². The first kappa shape index (κ1) is 9.45. The SMILES string of the molecule is O=C=C/C=C/c1cccc2ccccc12. The Hall–Kier alpha value is -2.11. The molecule has 0 radical (unpaired) electrons. The molecule has 0 bridgehead atoms. The normalized spacial score (nSPS) is 10.4. The summed E-state index contributed by atoms with van der Waals surface area (Å²) in [6.07, 6.45) is 4.98. The average molecular weight is 194 g/mol. The van der Waals surface area contributed by atoms with Crippen LogP contribution in [-0.4, -0.2) is 5.94 Å². The van der Waals surface area contributed by atoms with Crippen molar-refractivity contribution in [2.45, 2.75) is 0 Å². The fourth-order valence-electron chi connectivity index (χ4n) is 1.59. The molecule has 1 heteroatoms. The van der Waals surface area contributed by atoms with E-state index in [0.29, 0.717) is 0 Å². The van der Waals surface area contributed by atoms with Crippen molar-refractivity contribution in [2.24, 2.45) is 0 Å². The van der Waals surface area contributed by atoms with Gasteiger partial charge in [-0.2, -0.15) is 0 Å². The Morgan fingerprint density at radius 1 is 1.00 bits per heavy atom. The Morgan fingerprint density at radius 3 is 2.67 bits per heavy atom. The summed E-state index contributed by atoms with van der Waals surface area (Å²) in [6, 6.07) is 14.3. The third kappa shape index (κ3) is 2.04. The van der Waals surface area contributed by atoms with Crippen molar-refractivity contribution >= 4 is 22.8 Å². The second-order valence-corrected chi connectivity index (χ2v) is 3.21. The predicted molar refractivity (Wildman–Crippen MR) is 63.2 cm³/mol. The Balaban J connectivity index is 2.55. The fourth-order valence-corrected chi connectivity index (χ4v) is 1.59. The van der Waals surface area contributed by atoms with Gasteiger partial charge in [0.15, 0.2) is 0 Å². The molecule has 0 unspecified atom stereocenters. The van der Waals surface area contributed by atoms with Gasteiger partial charge < -0.3 is 0 Å². The third-order valence-electron chi connectivity index (χ3n) is 2.26. The van der Waals surface area contributed by atoms with E-state index < -0.39 is 0 Å². The van der Waals surface area contributed by atoms with Gasteiger partial charge in [0, 0.05) is 6.08 Å². The summed E-state index contributed by atoms with van der Waals surface area (Å²) in [5, 5.41) is 2.39. The lowest BCUT2D eigenvalue weighted by molar-refractivity contribution is 0.569. The topological polar surface area (TPSA) is 17.1 Å². The molecule has 0 aliphatic carbocycles. The van der Waals surface area contributed by atoms with Gasteiger partial charge in [-0.3, -0.25) is 0 Å². The van der Waals surface area contributed by atoms with E-state index in [-0.39, 0.29) is 0 Å². The summed E-state index contributed by atoms with van der Waals surface area (Å²) >= 11 is 0. The van der Waals surface area contributed by atoms with Crippen molar-refractivity contribution in [3.63, 3.8) is 0 Å².